The Morgan fingerprint density at radius 1 is 0.936 bits per heavy atom. The van der Waals surface area contributed by atoms with Gasteiger partial charge >= 0.3 is 0 Å². The molecule has 0 spiro atoms. The minimum atomic E-state index is -0.482. The van der Waals surface area contributed by atoms with E-state index in [1.54, 1.807) is 61.8 Å². The number of carbonyl (C=O) groups is 3. The van der Waals surface area contributed by atoms with Gasteiger partial charge in [-0.15, -0.1) is 0 Å². The van der Waals surface area contributed by atoms with Crippen LogP contribution in [0.4, 0.5) is 17.3 Å². The maximum Gasteiger partial charge on any atom is 0.246 e. The van der Waals surface area contributed by atoms with E-state index in [0.717, 1.165) is 16.6 Å². The first-order valence-corrected chi connectivity index (χ1v) is 15.2. The van der Waals surface area contributed by atoms with Crippen molar-refractivity contribution < 1.29 is 19.1 Å². The van der Waals surface area contributed by atoms with E-state index >= 15 is 0 Å². The topological polar surface area (TPSA) is 118 Å². The molecule has 238 valence electrons. The number of pyridine rings is 3. The zero-order valence-corrected chi connectivity index (χ0v) is 27.3. The highest BCUT2D eigenvalue weighted by atomic mass is 35.5. The molecule has 2 aromatic carbocycles. The smallest absolute Gasteiger partial charge is 0.246 e. The highest BCUT2D eigenvalue weighted by molar-refractivity contribution is 6.38. The molecule has 0 aliphatic rings. The third kappa shape index (κ3) is 7.92. The van der Waals surface area contributed by atoms with Gasteiger partial charge in [0.25, 0.3) is 0 Å². The third-order valence-corrected chi connectivity index (χ3v) is 7.91. The summed E-state index contributed by atoms with van der Waals surface area (Å²) < 4.78 is 6.08. The van der Waals surface area contributed by atoms with Crippen LogP contribution >= 0.6 is 23.2 Å². The van der Waals surface area contributed by atoms with E-state index < -0.39 is 11.8 Å². The van der Waals surface area contributed by atoms with Gasteiger partial charge in [0.15, 0.2) is 0 Å². The Labute approximate surface area is 281 Å². The summed E-state index contributed by atoms with van der Waals surface area (Å²) in [5.74, 6) is 0.293. The van der Waals surface area contributed by atoms with Crippen LogP contribution in [-0.2, 0) is 21.0 Å². The van der Waals surface area contributed by atoms with Crippen molar-refractivity contribution in [3.8, 4) is 5.75 Å². The molecule has 12 heteroatoms. The molecule has 5 rings (SSSR count). The molecule has 3 amide bonds. The van der Waals surface area contributed by atoms with Crippen LogP contribution in [0.3, 0.4) is 0 Å². The van der Waals surface area contributed by atoms with Crippen molar-refractivity contribution in [2.24, 2.45) is 0 Å². The number of anilines is 3. The number of ether oxygens (including phenoxy) is 1. The van der Waals surface area contributed by atoms with Crippen molar-refractivity contribution >= 4 is 75.2 Å². The summed E-state index contributed by atoms with van der Waals surface area (Å²) in [5.41, 5.74) is 3.12. The maximum atomic E-state index is 13.0. The van der Waals surface area contributed by atoms with Gasteiger partial charge in [-0.25, -0.2) is 19.9 Å². The maximum absolute atomic E-state index is 13.0. The van der Waals surface area contributed by atoms with Gasteiger partial charge in [0.05, 0.1) is 17.3 Å². The summed E-state index contributed by atoms with van der Waals surface area (Å²) in [6.45, 7) is 3.11. The zero-order chi connectivity index (χ0) is 33.5. The first kappa shape index (κ1) is 33.1. The second kappa shape index (κ2) is 14.8. The third-order valence-electron chi connectivity index (χ3n) is 7.13. The van der Waals surface area contributed by atoms with Gasteiger partial charge < -0.3 is 15.0 Å². The van der Waals surface area contributed by atoms with Crippen molar-refractivity contribution in [3.05, 3.63) is 118 Å². The monoisotopic (exact) mass is 668 g/mol. The predicted octanol–water partition coefficient (Wildman–Crippen LogP) is 6.70. The lowest BCUT2D eigenvalue weighted by Crippen LogP contribution is -2.37. The van der Waals surface area contributed by atoms with Crippen molar-refractivity contribution in [1.82, 2.24) is 20.3 Å². The van der Waals surface area contributed by atoms with Crippen molar-refractivity contribution in [2.45, 2.75) is 20.5 Å². The van der Waals surface area contributed by atoms with Crippen LogP contribution in [0.15, 0.2) is 91.3 Å². The molecule has 0 saturated heterocycles. The van der Waals surface area contributed by atoms with Gasteiger partial charge in [-0.1, -0.05) is 47.5 Å². The van der Waals surface area contributed by atoms with Crippen LogP contribution in [0.1, 0.15) is 23.7 Å². The molecule has 0 unspecified atom stereocenters. The van der Waals surface area contributed by atoms with Crippen molar-refractivity contribution in [2.75, 3.05) is 23.4 Å². The molecule has 0 aliphatic heterocycles. The van der Waals surface area contributed by atoms with Crippen LogP contribution in [0, 0.1) is 6.92 Å². The molecule has 3 aromatic heterocycles. The van der Waals surface area contributed by atoms with E-state index in [1.807, 2.05) is 37.3 Å². The van der Waals surface area contributed by atoms with Crippen LogP contribution in [0.25, 0.3) is 17.0 Å². The number of rotatable bonds is 10. The van der Waals surface area contributed by atoms with Crippen LogP contribution in [0.5, 0.6) is 5.75 Å². The van der Waals surface area contributed by atoms with Gasteiger partial charge in [-0.3, -0.25) is 14.4 Å². The molecule has 0 aliphatic carbocycles. The standard InChI is InChI=1S/C35H30Cl2N6O4/c1-22-10-13-25-7-6-8-29(35(25)41-22)47-21-26-27(36)14-15-28(34(26)37)42(3)33(46)20-40-32(45)17-12-24-11-16-31(39-19-24)43(23(2)44)30-9-4-5-18-38-30/h4-19H,20-21H2,1-3H3,(H,40,45). The molecule has 5 aromatic rings. The largest absolute Gasteiger partial charge is 0.487 e. The highest BCUT2D eigenvalue weighted by Gasteiger charge is 2.20. The van der Waals surface area contributed by atoms with Gasteiger partial charge in [-0.2, -0.15) is 0 Å². The Kier molecular flexibility index (Phi) is 10.4. The fraction of sp³-hybridized carbons (Fsp3) is 0.143. The number of nitrogens with zero attached hydrogens (tertiary/aromatic N) is 5. The molecule has 0 bridgehead atoms. The lowest BCUT2D eigenvalue weighted by Gasteiger charge is -2.21. The number of likely N-dealkylation sites (N-methyl/N-ethyl adjacent to an activating group) is 1. The van der Waals surface area contributed by atoms with Crippen molar-refractivity contribution in [1.29, 1.82) is 0 Å². The second-order valence-corrected chi connectivity index (χ2v) is 11.2. The number of benzene rings is 2. The Balaban J connectivity index is 1.19. The highest BCUT2D eigenvalue weighted by Crippen LogP contribution is 2.35. The molecule has 0 radical (unpaired) electrons. The van der Waals surface area contributed by atoms with Gasteiger partial charge in [0.2, 0.25) is 17.7 Å². The van der Waals surface area contributed by atoms with E-state index in [1.165, 1.54) is 29.0 Å². The number of aryl methyl sites for hydroxylation is 1. The van der Waals surface area contributed by atoms with E-state index in [4.69, 9.17) is 27.9 Å². The quantitative estimate of drug-likeness (QED) is 0.165. The van der Waals surface area contributed by atoms with Crippen molar-refractivity contribution in [3.63, 3.8) is 0 Å². The first-order chi connectivity index (χ1) is 22.6. The summed E-state index contributed by atoms with van der Waals surface area (Å²) in [7, 11) is 1.56. The Bertz CT molecular complexity index is 1970. The second-order valence-electron chi connectivity index (χ2n) is 10.4. The molecular formula is C35H30Cl2N6O4. The predicted molar refractivity (Wildman–Crippen MR) is 184 cm³/mol. The fourth-order valence-electron chi connectivity index (χ4n) is 4.66. The molecule has 3 heterocycles. The molecule has 10 nitrogen and oxygen atoms in total. The number of para-hydroxylation sites is 1. The Hall–Kier alpha value is -5.32. The van der Waals surface area contributed by atoms with Gasteiger partial charge in [0.1, 0.15) is 29.5 Å². The Morgan fingerprint density at radius 2 is 1.74 bits per heavy atom. The molecule has 1 N–H and O–H groups in total. The number of hydrogen-bond acceptors (Lipinski definition) is 7. The van der Waals surface area contributed by atoms with E-state index in [9.17, 15) is 14.4 Å². The molecule has 0 atom stereocenters. The molecule has 47 heavy (non-hydrogen) atoms. The van der Waals surface area contributed by atoms with E-state index in [-0.39, 0.29) is 24.1 Å². The lowest BCUT2D eigenvalue weighted by atomic mass is 10.1. The fourth-order valence-corrected chi connectivity index (χ4v) is 5.27. The number of hydrogen-bond donors (Lipinski definition) is 1. The summed E-state index contributed by atoms with van der Waals surface area (Å²) in [6, 6.07) is 21.4. The van der Waals surface area contributed by atoms with E-state index in [2.05, 4.69) is 20.3 Å². The normalized spacial score (nSPS) is 11.0. The molecule has 0 saturated carbocycles. The van der Waals surface area contributed by atoms with Gasteiger partial charge in [0, 0.05) is 54.1 Å². The summed E-state index contributed by atoms with van der Waals surface area (Å²) in [5, 5.41) is 4.16. The minimum absolute atomic E-state index is 0.0512. The number of carbonyl (C=O) groups excluding carboxylic acids is 3. The number of nitrogens with one attached hydrogen (secondary N) is 1. The summed E-state index contributed by atoms with van der Waals surface area (Å²) in [4.78, 5) is 53.6. The number of fused-ring (bicyclic) bond motifs is 1. The summed E-state index contributed by atoms with van der Waals surface area (Å²) in [6.07, 6.45) is 5.96. The molecular weight excluding hydrogens is 639 g/mol. The zero-order valence-electron chi connectivity index (χ0n) is 25.8. The van der Waals surface area contributed by atoms with Crippen LogP contribution in [0.2, 0.25) is 10.0 Å². The molecule has 0 fully saturated rings. The van der Waals surface area contributed by atoms with E-state index in [0.29, 0.717) is 39.2 Å². The SMILES string of the molecule is CC(=O)N(c1ccccn1)c1ccc(C=CC(=O)NCC(=O)N(C)c2ccc(Cl)c(COc3cccc4ccc(C)nc34)c2Cl)cn1. The number of aromatic nitrogens is 3. The first-order valence-electron chi connectivity index (χ1n) is 14.5. The van der Waals surface area contributed by atoms with Crippen LogP contribution in [-0.4, -0.2) is 46.3 Å². The number of halogens is 2. The average Bonchev–Trinajstić information content (AvgIpc) is 3.07. The van der Waals surface area contributed by atoms with Gasteiger partial charge in [-0.05, 0) is 67.1 Å². The van der Waals surface area contributed by atoms with Crippen LogP contribution < -0.4 is 19.9 Å². The number of amides is 3. The Morgan fingerprint density at radius 3 is 2.47 bits per heavy atom. The average molecular weight is 670 g/mol. The lowest BCUT2D eigenvalue weighted by molar-refractivity contribution is -0.122. The summed E-state index contributed by atoms with van der Waals surface area (Å²) >= 11 is 13.2. The minimum Gasteiger partial charge on any atom is -0.487 e.